The number of methoxy groups -OCH3 is 1. The number of H-pyrrole nitrogens is 1. The predicted molar refractivity (Wildman–Crippen MR) is 78.1 cm³/mol. The first-order valence-electron chi connectivity index (χ1n) is 6.68. The van der Waals surface area contributed by atoms with Gasteiger partial charge in [-0.25, -0.2) is 4.79 Å². The van der Waals surface area contributed by atoms with E-state index in [4.69, 9.17) is 9.84 Å². The minimum absolute atomic E-state index is 0.0475. The molecule has 0 aliphatic rings. The molecule has 21 heavy (non-hydrogen) atoms. The number of carbonyl (C=O) groups excluding carboxylic acids is 1. The monoisotopic (exact) mass is 290 g/mol. The number of aromatic nitrogens is 1. The SMILES string of the molecule is COCC(NC(=O)CCc1c[nH]c2ccccc12)C(=O)O. The summed E-state index contributed by atoms with van der Waals surface area (Å²) in [5.41, 5.74) is 2.06. The number of benzene rings is 1. The van der Waals surface area contributed by atoms with Crippen molar-refractivity contribution < 1.29 is 19.4 Å². The van der Waals surface area contributed by atoms with Crippen molar-refractivity contribution in [3.05, 3.63) is 36.0 Å². The van der Waals surface area contributed by atoms with Crippen LogP contribution in [0.15, 0.2) is 30.5 Å². The number of fused-ring (bicyclic) bond motifs is 1. The van der Waals surface area contributed by atoms with Crippen molar-refractivity contribution >= 4 is 22.8 Å². The number of carbonyl (C=O) groups is 2. The Morgan fingerprint density at radius 1 is 1.38 bits per heavy atom. The Morgan fingerprint density at radius 2 is 2.14 bits per heavy atom. The molecular formula is C15H18N2O4. The fourth-order valence-electron chi connectivity index (χ4n) is 2.19. The molecule has 0 aliphatic carbocycles. The third kappa shape index (κ3) is 3.82. The summed E-state index contributed by atoms with van der Waals surface area (Å²) in [6, 6.07) is 6.84. The van der Waals surface area contributed by atoms with Gasteiger partial charge in [0.1, 0.15) is 0 Å². The third-order valence-electron chi connectivity index (χ3n) is 3.26. The molecule has 0 spiro atoms. The minimum Gasteiger partial charge on any atom is -0.480 e. The fourth-order valence-corrected chi connectivity index (χ4v) is 2.19. The van der Waals surface area contributed by atoms with Crippen LogP contribution in [0.5, 0.6) is 0 Å². The van der Waals surface area contributed by atoms with Crippen LogP contribution in [-0.2, 0) is 20.7 Å². The van der Waals surface area contributed by atoms with Crippen LogP contribution in [0, 0.1) is 0 Å². The number of aliphatic carboxylic acids is 1. The second-order valence-electron chi connectivity index (χ2n) is 4.77. The summed E-state index contributed by atoms with van der Waals surface area (Å²) in [6.07, 6.45) is 2.66. The molecule has 1 unspecified atom stereocenters. The molecule has 6 heteroatoms. The molecule has 6 nitrogen and oxygen atoms in total. The van der Waals surface area contributed by atoms with Gasteiger partial charge >= 0.3 is 5.97 Å². The zero-order chi connectivity index (χ0) is 15.2. The smallest absolute Gasteiger partial charge is 0.328 e. The van der Waals surface area contributed by atoms with E-state index in [1.807, 2.05) is 30.5 Å². The first-order chi connectivity index (χ1) is 10.1. The molecule has 1 heterocycles. The predicted octanol–water partition coefficient (Wildman–Crippen LogP) is 1.32. The van der Waals surface area contributed by atoms with Gasteiger partial charge in [0.25, 0.3) is 0 Å². The summed E-state index contributed by atoms with van der Waals surface area (Å²) >= 11 is 0. The van der Waals surface area contributed by atoms with Crippen molar-refractivity contribution in [3.8, 4) is 0 Å². The Hall–Kier alpha value is -2.34. The molecule has 1 atom stereocenters. The van der Waals surface area contributed by atoms with Crippen LogP contribution in [0.4, 0.5) is 0 Å². The maximum absolute atomic E-state index is 11.8. The van der Waals surface area contributed by atoms with Gasteiger partial charge in [-0.3, -0.25) is 4.79 Å². The number of nitrogens with one attached hydrogen (secondary N) is 2. The summed E-state index contributed by atoms with van der Waals surface area (Å²) < 4.78 is 4.77. The van der Waals surface area contributed by atoms with Crippen LogP contribution in [0.25, 0.3) is 10.9 Å². The van der Waals surface area contributed by atoms with Gasteiger partial charge in [0, 0.05) is 30.6 Å². The Labute approximate surface area is 122 Å². The van der Waals surface area contributed by atoms with Gasteiger partial charge in [-0.05, 0) is 18.1 Å². The van der Waals surface area contributed by atoms with E-state index in [0.717, 1.165) is 16.5 Å². The van der Waals surface area contributed by atoms with Gasteiger partial charge in [-0.15, -0.1) is 0 Å². The molecule has 2 aromatic rings. The second kappa shape index (κ2) is 6.90. The summed E-state index contributed by atoms with van der Waals surface area (Å²) in [5, 5.41) is 12.5. The van der Waals surface area contributed by atoms with E-state index in [1.165, 1.54) is 7.11 Å². The lowest BCUT2D eigenvalue weighted by molar-refractivity contribution is -0.143. The highest BCUT2D eigenvalue weighted by Crippen LogP contribution is 2.18. The number of carboxylic acids is 1. The second-order valence-corrected chi connectivity index (χ2v) is 4.77. The Bertz CT molecular complexity index is 635. The minimum atomic E-state index is -1.10. The zero-order valence-electron chi connectivity index (χ0n) is 11.8. The lowest BCUT2D eigenvalue weighted by Crippen LogP contribution is -2.43. The van der Waals surface area contributed by atoms with Crippen molar-refractivity contribution in [2.24, 2.45) is 0 Å². The molecule has 0 radical (unpaired) electrons. The maximum Gasteiger partial charge on any atom is 0.328 e. The Balaban J connectivity index is 1.93. The highest BCUT2D eigenvalue weighted by atomic mass is 16.5. The molecule has 0 aliphatic heterocycles. The summed E-state index contributed by atoms with van der Waals surface area (Å²) in [6.45, 7) is -0.0475. The van der Waals surface area contributed by atoms with Crippen molar-refractivity contribution in [2.75, 3.05) is 13.7 Å². The number of ether oxygens (including phenoxy) is 1. The summed E-state index contributed by atoms with van der Waals surface area (Å²) in [5.74, 6) is -1.40. The van der Waals surface area contributed by atoms with Gasteiger partial charge < -0.3 is 20.1 Å². The highest BCUT2D eigenvalue weighted by Gasteiger charge is 2.19. The van der Waals surface area contributed by atoms with Crippen LogP contribution in [0.2, 0.25) is 0 Å². The molecule has 1 amide bonds. The third-order valence-corrected chi connectivity index (χ3v) is 3.26. The number of aromatic amines is 1. The number of carboxylic acid groups (broad SMARTS) is 1. The molecular weight excluding hydrogens is 272 g/mol. The van der Waals surface area contributed by atoms with Crippen LogP contribution in [0.1, 0.15) is 12.0 Å². The molecule has 2 rings (SSSR count). The first-order valence-corrected chi connectivity index (χ1v) is 6.68. The molecule has 0 fully saturated rings. The number of hydrogen-bond acceptors (Lipinski definition) is 3. The molecule has 3 N–H and O–H groups in total. The van der Waals surface area contributed by atoms with Crippen LogP contribution < -0.4 is 5.32 Å². The molecule has 1 aromatic heterocycles. The first kappa shape index (κ1) is 15.1. The number of rotatable bonds is 7. The van der Waals surface area contributed by atoms with Crippen LogP contribution in [-0.4, -0.2) is 41.7 Å². The van der Waals surface area contributed by atoms with Crippen LogP contribution in [0.3, 0.4) is 0 Å². The van der Waals surface area contributed by atoms with E-state index in [2.05, 4.69) is 10.3 Å². The topological polar surface area (TPSA) is 91.4 Å². The van der Waals surface area contributed by atoms with E-state index < -0.39 is 12.0 Å². The maximum atomic E-state index is 11.8. The van der Waals surface area contributed by atoms with Crippen molar-refractivity contribution in [2.45, 2.75) is 18.9 Å². The fraction of sp³-hybridized carbons (Fsp3) is 0.333. The van der Waals surface area contributed by atoms with Crippen molar-refractivity contribution in [3.63, 3.8) is 0 Å². The number of aryl methyl sites for hydroxylation is 1. The lowest BCUT2D eigenvalue weighted by Gasteiger charge is -2.13. The van der Waals surface area contributed by atoms with E-state index in [-0.39, 0.29) is 18.9 Å². The molecule has 112 valence electrons. The van der Waals surface area contributed by atoms with Gasteiger partial charge in [0.05, 0.1) is 6.61 Å². The van der Waals surface area contributed by atoms with E-state index >= 15 is 0 Å². The number of hydrogen-bond donors (Lipinski definition) is 3. The zero-order valence-corrected chi connectivity index (χ0v) is 11.8. The number of para-hydroxylation sites is 1. The molecule has 0 saturated heterocycles. The van der Waals surface area contributed by atoms with Crippen molar-refractivity contribution in [1.82, 2.24) is 10.3 Å². The largest absolute Gasteiger partial charge is 0.480 e. The van der Waals surface area contributed by atoms with Crippen molar-refractivity contribution in [1.29, 1.82) is 0 Å². The molecule has 1 aromatic carbocycles. The van der Waals surface area contributed by atoms with Gasteiger partial charge in [0.15, 0.2) is 6.04 Å². The average molecular weight is 290 g/mol. The van der Waals surface area contributed by atoms with Crippen LogP contribution >= 0.6 is 0 Å². The summed E-state index contributed by atoms with van der Waals surface area (Å²) in [4.78, 5) is 25.9. The van der Waals surface area contributed by atoms with E-state index in [9.17, 15) is 9.59 Å². The lowest BCUT2D eigenvalue weighted by atomic mass is 10.1. The van der Waals surface area contributed by atoms with Gasteiger partial charge in [0.2, 0.25) is 5.91 Å². The normalized spacial score (nSPS) is 12.2. The summed E-state index contributed by atoms with van der Waals surface area (Å²) in [7, 11) is 1.40. The number of amides is 1. The Morgan fingerprint density at radius 3 is 2.86 bits per heavy atom. The van der Waals surface area contributed by atoms with E-state index in [1.54, 1.807) is 0 Å². The average Bonchev–Trinajstić information content (AvgIpc) is 2.88. The van der Waals surface area contributed by atoms with Gasteiger partial charge in [-0.2, -0.15) is 0 Å². The highest BCUT2D eigenvalue weighted by molar-refractivity contribution is 5.86. The van der Waals surface area contributed by atoms with Gasteiger partial charge in [-0.1, -0.05) is 18.2 Å². The quantitative estimate of drug-likeness (QED) is 0.717. The Kier molecular flexibility index (Phi) is 4.94. The van der Waals surface area contributed by atoms with E-state index in [0.29, 0.717) is 6.42 Å². The molecule has 0 bridgehead atoms. The molecule has 0 saturated carbocycles. The standard InChI is InChI=1S/C15H18N2O4/c1-21-9-13(15(19)20)17-14(18)7-6-10-8-16-12-5-3-2-4-11(10)12/h2-5,8,13,16H,6-7,9H2,1H3,(H,17,18)(H,19,20).